The van der Waals surface area contributed by atoms with Crippen molar-refractivity contribution in [3.05, 3.63) is 64.3 Å². The smallest absolute Gasteiger partial charge is 0.252 e. The number of aryl methyl sites for hydroxylation is 1. The SMILES string of the molecule is Cc1cc(-c2cccnc2)cc(=O)n1C(CC1CCCCC1)C(=O)Nc1nccs1. The van der Waals surface area contributed by atoms with Gasteiger partial charge in [0, 0.05) is 41.3 Å². The van der Waals surface area contributed by atoms with Crippen molar-refractivity contribution in [1.82, 2.24) is 14.5 Å². The molecule has 30 heavy (non-hydrogen) atoms. The minimum Gasteiger partial charge on any atom is -0.300 e. The largest absolute Gasteiger partial charge is 0.300 e. The van der Waals surface area contributed by atoms with Crippen molar-refractivity contribution in [3.63, 3.8) is 0 Å². The molecule has 4 rings (SSSR count). The van der Waals surface area contributed by atoms with E-state index in [1.54, 1.807) is 29.2 Å². The minimum absolute atomic E-state index is 0.163. The number of anilines is 1. The topological polar surface area (TPSA) is 76.9 Å². The van der Waals surface area contributed by atoms with Crippen molar-refractivity contribution in [2.75, 3.05) is 5.32 Å². The first-order chi connectivity index (χ1) is 14.6. The van der Waals surface area contributed by atoms with E-state index in [4.69, 9.17) is 0 Å². The average Bonchev–Trinajstić information content (AvgIpc) is 3.27. The summed E-state index contributed by atoms with van der Waals surface area (Å²) in [5.41, 5.74) is 2.32. The Hall–Kier alpha value is -2.80. The number of nitrogens with one attached hydrogen (secondary N) is 1. The monoisotopic (exact) mass is 422 g/mol. The lowest BCUT2D eigenvalue weighted by Crippen LogP contribution is -2.36. The van der Waals surface area contributed by atoms with Crippen molar-refractivity contribution in [3.8, 4) is 11.1 Å². The third-order valence-electron chi connectivity index (χ3n) is 5.81. The van der Waals surface area contributed by atoms with E-state index >= 15 is 0 Å². The number of carbonyl (C=O) groups is 1. The predicted octanol–water partition coefficient (Wildman–Crippen LogP) is 4.83. The van der Waals surface area contributed by atoms with Crippen LogP contribution in [0.5, 0.6) is 0 Å². The van der Waals surface area contributed by atoms with Crippen LogP contribution in [0.4, 0.5) is 5.13 Å². The van der Waals surface area contributed by atoms with Gasteiger partial charge in [-0.2, -0.15) is 0 Å². The highest BCUT2D eigenvalue weighted by atomic mass is 32.1. The molecular formula is C23H26N4O2S. The summed E-state index contributed by atoms with van der Waals surface area (Å²) >= 11 is 1.38. The lowest BCUT2D eigenvalue weighted by molar-refractivity contribution is -0.120. The maximum absolute atomic E-state index is 13.2. The van der Waals surface area contributed by atoms with Gasteiger partial charge in [-0.3, -0.25) is 14.6 Å². The van der Waals surface area contributed by atoms with Crippen molar-refractivity contribution < 1.29 is 4.79 Å². The van der Waals surface area contributed by atoms with Gasteiger partial charge in [0.1, 0.15) is 6.04 Å². The van der Waals surface area contributed by atoms with Crippen molar-refractivity contribution in [2.24, 2.45) is 5.92 Å². The van der Waals surface area contributed by atoms with E-state index < -0.39 is 6.04 Å². The van der Waals surface area contributed by atoms with Crippen LogP contribution in [0.15, 0.2) is 53.0 Å². The molecule has 0 aliphatic heterocycles. The van der Waals surface area contributed by atoms with Crippen molar-refractivity contribution in [2.45, 2.75) is 51.5 Å². The van der Waals surface area contributed by atoms with Crippen LogP contribution in [0.2, 0.25) is 0 Å². The highest BCUT2D eigenvalue weighted by molar-refractivity contribution is 7.13. The molecule has 0 bridgehead atoms. The zero-order valence-electron chi connectivity index (χ0n) is 17.1. The van der Waals surface area contributed by atoms with Crippen LogP contribution >= 0.6 is 11.3 Å². The summed E-state index contributed by atoms with van der Waals surface area (Å²) in [6, 6.07) is 6.80. The maximum atomic E-state index is 13.2. The van der Waals surface area contributed by atoms with E-state index in [-0.39, 0.29) is 11.5 Å². The highest BCUT2D eigenvalue weighted by Gasteiger charge is 2.28. The number of carbonyl (C=O) groups excluding carboxylic acids is 1. The average molecular weight is 423 g/mol. The molecule has 3 heterocycles. The molecule has 156 valence electrons. The molecule has 1 aliphatic carbocycles. The zero-order valence-corrected chi connectivity index (χ0v) is 17.9. The molecule has 1 unspecified atom stereocenters. The van der Waals surface area contributed by atoms with Crippen LogP contribution in [0.25, 0.3) is 11.1 Å². The molecule has 1 saturated carbocycles. The van der Waals surface area contributed by atoms with Gasteiger partial charge >= 0.3 is 0 Å². The fourth-order valence-corrected chi connectivity index (χ4v) is 4.89. The third-order valence-corrected chi connectivity index (χ3v) is 6.50. The number of pyridine rings is 2. The summed E-state index contributed by atoms with van der Waals surface area (Å²) < 4.78 is 1.65. The van der Waals surface area contributed by atoms with Crippen LogP contribution in [-0.2, 0) is 4.79 Å². The Labute approximate surface area is 180 Å². The first kappa shape index (κ1) is 20.5. The van der Waals surface area contributed by atoms with Crippen molar-refractivity contribution >= 4 is 22.4 Å². The lowest BCUT2D eigenvalue weighted by atomic mass is 9.84. The van der Waals surface area contributed by atoms with Crippen LogP contribution in [0, 0.1) is 12.8 Å². The van der Waals surface area contributed by atoms with Gasteiger partial charge in [0.25, 0.3) is 5.56 Å². The Kier molecular flexibility index (Phi) is 6.38. The van der Waals surface area contributed by atoms with E-state index in [2.05, 4.69) is 15.3 Å². The van der Waals surface area contributed by atoms with E-state index in [9.17, 15) is 9.59 Å². The summed E-state index contributed by atoms with van der Waals surface area (Å²) in [6.07, 6.45) is 11.7. The molecule has 0 spiro atoms. The standard InChI is InChI=1S/C23H26N4O2S/c1-16-12-19(18-8-5-9-24-15-18)14-21(28)27(16)20(13-17-6-3-2-4-7-17)22(29)26-23-25-10-11-30-23/h5,8-12,14-15,17,20H,2-4,6-7,13H2,1H3,(H,25,26,29). The lowest BCUT2D eigenvalue weighted by Gasteiger charge is -2.28. The van der Waals surface area contributed by atoms with Gasteiger partial charge in [0.05, 0.1) is 0 Å². The third kappa shape index (κ3) is 4.67. The first-order valence-corrected chi connectivity index (χ1v) is 11.3. The predicted molar refractivity (Wildman–Crippen MR) is 120 cm³/mol. The molecule has 0 saturated heterocycles. The second-order valence-corrected chi connectivity index (χ2v) is 8.81. The van der Waals surface area contributed by atoms with E-state index in [1.807, 2.05) is 30.5 Å². The summed E-state index contributed by atoms with van der Waals surface area (Å²) in [5.74, 6) is 0.282. The Morgan fingerprint density at radius 3 is 2.73 bits per heavy atom. The number of amides is 1. The van der Waals surface area contributed by atoms with E-state index in [0.717, 1.165) is 29.7 Å². The fourth-order valence-electron chi connectivity index (χ4n) is 4.35. The van der Waals surface area contributed by atoms with Gasteiger partial charge < -0.3 is 9.88 Å². The molecule has 1 atom stereocenters. The summed E-state index contributed by atoms with van der Waals surface area (Å²) in [7, 11) is 0. The molecule has 1 amide bonds. The molecule has 1 fully saturated rings. The minimum atomic E-state index is -0.549. The number of aromatic nitrogens is 3. The van der Waals surface area contributed by atoms with Crippen LogP contribution in [0.1, 0.15) is 50.3 Å². The van der Waals surface area contributed by atoms with E-state index in [1.165, 1.54) is 30.6 Å². The summed E-state index contributed by atoms with van der Waals surface area (Å²) in [6.45, 7) is 1.89. The summed E-state index contributed by atoms with van der Waals surface area (Å²) in [4.78, 5) is 34.7. The Morgan fingerprint density at radius 1 is 1.23 bits per heavy atom. The molecule has 0 radical (unpaired) electrons. The Balaban J connectivity index is 1.68. The van der Waals surface area contributed by atoms with Crippen LogP contribution < -0.4 is 10.9 Å². The molecular weight excluding hydrogens is 396 g/mol. The van der Waals surface area contributed by atoms with Gasteiger partial charge in [-0.1, -0.05) is 38.2 Å². The van der Waals surface area contributed by atoms with Crippen LogP contribution in [0.3, 0.4) is 0 Å². The number of rotatable bonds is 6. The molecule has 3 aromatic rings. The number of hydrogen-bond acceptors (Lipinski definition) is 5. The molecule has 0 aromatic carbocycles. The van der Waals surface area contributed by atoms with Gasteiger partial charge in [0.2, 0.25) is 5.91 Å². The summed E-state index contributed by atoms with van der Waals surface area (Å²) in [5, 5.41) is 5.30. The van der Waals surface area contributed by atoms with Crippen molar-refractivity contribution in [1.29, 1.82) is 0 Å². The zero-order chi connectivity index (χ0) is 20.9. The second kappa shape index (κ2) is 9.34. The Bertz CT molecular complexity index is 1040. The maximum Gasteiger partial charge on any atom is 0.252 e. The normalized spacial score (nSPS) is 15.6. The molecule has 6 nitrogen and oxygen atoms in total. The number of hydrogen-bond donors (Lipinski definition) is 1. The van der Waals surface area contributed by atoms with Gasteiger partial charge in [0.15, 0.2) is 5.13 Å². The van der Waals surface area contributed by atoms with Gasteiger partial charge in [-0.15, -0.1) is 11.3 Å². The molecule has 3 aromatic heterocycles. The Morgan fingerprint density at radius 2 is 2.07 bits per heavy atom. The number of nitrogens with zero attached hydrogens (tertiary/aromatic N) is 3. The molecule has 1 N–H and O–H groups in total. The number of thiazole rings is 1. The quantitative estimate of drug-likeness (QED) is 0.617. The highest BCUT2D eigenvalue weighted by Crippen LogP contribution is 2.32. The van der Waals surface area contributed by atoms with Crippen LogP contribution in [-0.4, -0.2) is 20.4 Å². The van der Waals surface area contributed by atoms with Gasteiger partial charge in [-0.25, -0.2) is 4.98 Å². The molecule has 7 heteroatoms. The first-order valence-electron chi connectivity index (χ1n) is 10.5. The van der Waals surface area contributed by atoms with E-state index in [0.29, 0.717) is 17.5 Å². The second-order valence-electron chi connectivity index (χ2n) is 7.92. The molecule has 1 aliphatic rings. The fraction of sp³-hybridized carbons (Fsp3) is 0.391. The van der Waals surface area contributed by atoms with Gasteiger partial charge in [-0.05, 0) is 37.0 Å².